The van der Waals surface area contributed by atoms with Crippen LogP contribution in [-0.4, -0.2) is 36.8 Å². The van der Waals surface area contributed by atoms with Crippen molar-refractivity contribution < 1.29 is 14.2 Å². The number of nitrogens with zero attached hydrogens (tertiary/aromatic N) is 1. The molecular weight excluding hydrogens is 246 g/mol. The van der Waals surface area contributed by atoms with Gasteiger partial charge >= 0.3 is 0 Å². The van der Waals surface area contributed by atoms with Crippen LogP contribution in [-0.2, 0) is 4.74 Å². The van der Waals surface area contributed by atoms with E-state index in [9.17, 15) is 0 Å². The summed E-state index contributed by atoms with van der Waals surface area (Å²) < 4.78 is 16.6. The number of imidazole rings is 1. The lowest BCUT2D eigenvalue weighted by atomic mass is 10.3. The van der Waals surface area contributed by atoms with Gasteiger partial charge in [0.15, 0.2) is 11.5 Å². The van der Waals surface area contributed by atoms with Crippen LogP contribution >= 0.6 is 0 Å². The maximum Gasteiger partial charge on any atom is 0.163 e. The monoisotopic (exact) mass is 263 g/mol. The number of methoxy groups -OCH3 is 1. The molecule has 3 N–H and O–H groups in total. The number of hydrogen-bond acceptors (Lipinski definition) is 5. The SMILES string of the molecule is COC(CN)c1nc2cc3c(cc2[nH]1)OCCCO3. The van der Waals surface area contributed by atoms with E-state index < -0.39 is 0 Å². The minimum absolute atomic E-state index is 0.228. The molecule has 1 aromatic carbocycles. The zero-order valence-electron chi connectivity index (χ0n) is 10.8. The fraction of sp³-hybridized carbons (Fsp3) is 0.462. The molecule has 0 aliphatic carbocycles. The predicted molar refractivity (Wildman–Crippen MR) is 70.5 cm³/mol. The second-order valence-electron chi connectivity index (χ2n) is 4.45. The van der Waals surface area contributed by atoms with E-state index in [1.165, 1.54) is 0 Å². The Morgan fingerprint density at radius 2 is 2.11 bits per heavy atom. The number of nitrogens with two attached hydrogens (primary N) is 1. The molecule has 102 valence electrons. The lowest BCUT2D eigenvalue weighted by Gasteiger charge is -2.08. The van der Waals surface area contributed by atoms with Crippen LogP contribution in [0.1, 0.15) is 18.3 Å². The summed E-state index contributed by atoms with van der Waals surface area (Å²) in [5.74, 6) is 2.21. The second-order valence-corrected chi connectivity index (χ2v) is 4.45. The summed E-state index contributed by atoms with van der Waals surface area (Å²) in [7, 11) is 1.62. The Hall–Kier alpha value is -1.79. The number of aromatic amines is 1. The topological polar surface area (TPSA) is 82.4 Å². The van der Waals surface area contributed by atoms with Crippen LogP contribution in [0.2, 0.25) is 0 Å². The first-order valence-corrected chi connectivity index (χ1v) is 6.34. The quantitative estimate of drug-likeness (QED) is 0.874. The fourth-order valence-corrected chi connectivity index (χ4v) is 2.16. The van der Waals surface area contributed by atoms with Gasteiger partial charge in [0.05, 0.1) is 24.2 Å². The van der Waals surface area contributed by atoms with E-state index >= 15 is 0 Å². The highest BCUT2D eigenvalue weighted by atomic mass is 16.5. The highest BCUT2D eigenvalue weighted by Gasteiger charge is 2.17. The molecule has 1 unspecified atom stereocenters. The first kappa shape index (κ1) is 12.3. The summed E-state index contributed by atoms with van der Waals surface area (Å²) in [6.07, 6.45) is 0.661. The number of hydrogen-bond donors (Lipinski definition) is 2. The maximum absolute atomic E-state index is 5.65. The van der Waals surface area contributed by atoms with Gasteiger partial charge in [0.2, 0.25) is 0 Å². The van der Waals surface area contributed by atoms with Crippen molar-refractivity contribution >= 4 is 11.0 Å². The smallest absolute Gasteiger partial charge is 0.163 e. The number of nitrogens with one attached hydrogen (secondary N) is 1. The zero-order valence-corrected chi connectivity index (χ0v) is 10.8. The molecule has 1 aromatic heterocycles. The van der Waals surface area contributed by atoms with Gasteiger partial charge in [0.1, 0.15) is 11.9 Å². The van der Waals surface area contributed by atoms with Crippen LogP contribution in [0, 0.1) is 0 Å². The predicted octanol–water partition coefficient (Wildman–Crippen LogP) is 1.37. The second kappa shape index (κ2) is 5.07. The standard InChI is InChI=1S/C13H17N3O3/c1-17-12(7-14)13-15-8-5-10-11(6-9(8)16-13)19-4-2-3-18-10/h5-6,12H,2-4,7,14H2,1H3,(H,15,16). The van der Waals surface area contributed by atoms with E-state index in [2.05, 4.69) is 9.97 Å². The average Bonchev–Trinajstić information content (AvgIpc) is 2.67. The Morgan fingerprint density at radius 1 is 1.37 bits per heavy atom. The van der Waals surface area contributed by atoms with E-state index in [1.807, 2.05) is 12.1 Å². The Labute approximate surface area is 110 Å². The molecule has 0 spiro atoms. The minimum atomic E-state index is -0.228. The summed E-state index contributed by atoms with van der Waals surface area (Å²) in [6, 6.07) is 3.80. The molecule has 3 rings (SSSR count). The Kier molecular flexibility index (Phi) is 3.27. The molecular formula is C13H17N3O3. The molecule has 1 atom stereocenters. The summed E-state index contributed by atoms with van der Waals surface area (Å²) in [4.78, 5) is 7.71. The number of rotatable bonds is 3. The molecule has 0 saturated heterocycles. The van der Waals surface area contributed by atoms with Gasteiger partial charge in [-0.3, -0.25) is 0 Å². The van der Waals surface area contributed by atoms with Gasteiger partial charge in [0.25, 0.3) is 0 Å². The molecule has 1 aliphatic rings. The van der Waals surface area contributed by atoms with Crippen molar-refractivity contribution in [2.45, 2.75) is 12.5 Å². The van der Waals surface area contributed by atoms with Crippen LogP contribution in [0.15, 0.2) is 12.1 Å². The van der Waals surface area contributed by atoms with Crippen molar-refractivity contribution in [3.8, 4) is 11.5 Å². The average molecular weight is 263 g/mol. The van der Waals surface area contributed by atoms with Crippen LogP contribution in [0.4, 0.5) is 0 Å². The van der Waals surface area contributed by atoms with E-state index in [-0.39, 0.29) is 6.10 Å². The van der Waals surface area contributed by atoms with E-state index in [0.717, 1.165) is 34.8 Å². The zero-order chi connectivity index (χ0) is 13.2. The van der Waals surface area contributed by atoms with Crippen molar-refractivity contribution in [3.05, 3.63) is 18.0 Å². The minimum Gasteiger partial charge on any atom is -0.489 e. The first-order valence-electron chi connectivity index (χ1n) is 6.34. The third kappa shape index (κ3) is 2.24. The van der Waals surface area contributed by atoms with Gasteiger partial charge < -0.3 is 24.9 Å². The van der Waals surface area contributed by atoms with Crippen molar-refractivity contribution in [3.63, 3.8) is 0 Å². The van der Waals surface area contributed by atoms with Crippen LogP contribution < -0.4 is 15.2 Å². The molecule has 0 radical (unpaired) electrons. The third-order valence-corrected chi connectivity index (χ3v) is 3.17. The normalized spacial score (nSPS) is 16.3. The van der Waals surface area contributed by atoms with Gasteiger partial charge in [-0.15, -0.1) is 0 Å². The molecule has 0 bridgehead atoms. The van der Waals surface area contributed by atoms with Crippen molar-refractivity contribution in [1.82, 2.24) is 9.97 Å². The van der Waals surface area contributed by atoms with Crippen LogP contribution in [0.5, 0.6) is 11.5 Å². The lowest BCUT2D eigenvalue weighted by molar-refractivity contribution is 0.104. The molecule has 6 nitrogen and oxygen atoms in total. The molecule has 2 heterocycles. The van der Waals surface area contributed by atoms with Gasteiger partial charge in [-0.1, -0.05) is 0 Å². The van der Waals surface area contributed by atoms with E-state index in [0.29, 0.717) is 19.8 Å². The third-order valence-electron chi connectivity index (χ3n) is 3.17. The van der Waals surface area contributed by atoms with Gasteiger partial charge in [0, 0.05) is 32.2 Å². The number of benzene rings is 1. The summed E-state index contributed by atoms with van der Waals surface area (Å²) in [5, 5.41) is 0. The Bertz CT molecular complexity index is 535. The maximum atomic E-state index is 5.65. The van der Waals surface area contributed by atoms with Crippen molar-refractivity contribution in [1.29, 1.82) is 0 Å². The molecule has 1 aliphatic heterocycles. The van der Waals surface area contributed by atoms with Crippen LogP contribution in [0.3, 0.4) is 0 Å². The number of H-pyrrole nitrogens is 1. The largest absolute Gasteiger partial charge is 0.489 e. The summed E-state index contributed by atoms with van der Waals surface area (Å²) >= 11 is 0. The highest BCUT2D eigenvalue weighted by Crippen LogP contribution is 2.33. The summed E-state index contributed by atoms with van der Waals surface area (Å²) in [5.41, 5.74) is 7.37. The fourth-order valence-electron chi connectivity index (χ4n) is 2.16. The lowest BCUT2D eigenvalue weighted by Crippen LogP contribution is -2.15. The van der Waals surface area contributed by atoms with Gasteiger partial charge in [-0.25, -0.2) is 4.98 Å². The van der Waals surface area contributed by atoms with Crippen molar-refractivity contribution in [2.24, 2.45) is 5.73 Å². The Morgan fingerprint density at radius 3 is 2.79 bits per heavy atom. The molecule has 6 heteroatoms. The molecule has 2 aromatic rings. The van der Waals surface area contributed by atoms with Gasteiger partial charge in [-0.2, -0.15) is 0 Å². The molecule has 0 fully saturated rings. The number of aromatic nitrogens is 2. The van der Waals surface area contributed by atoms with E-state index in [1.54, 1.807) is 7.11 Å². The molecule has 0 saturated carbocycles. The van der Waals surface area contributed by atoms with Crippen LogP contribution in [0.25, 0.3) is 11.0 Å². The van der Waals surface area contributed by atoms with Crippen molar-refractivity contribution in [2.75, 3.05) is 26.9 Å². The highest BCUT2D eigenvalue weighted by molar-refractivity contribution is 5.79. The molecule has 19 heavy (non-hydrogen) atoms. The first-order chi connectivity index (χ1) is 9.31. The number of fused-ring (bicyclic) bond motifs is 2. The van der Waals surface area contributed by atoms with E-state index in [4.69, 9.17) is 19.9 Å². The number of ether oxygens (including phenoxy) is 3. The van der Waals surface area contributed by atoms with Gasteiger partial charge in [-0.05, 0) is 0 Å². The molecule has 0 amide bonds. The Balaban J connectivity index is 2.03. The summed E-state index contributed by atoms with van der Waals surface area (Å²) in [6.45, 7) is 1.71.